The third kappa shape index (κ3) is 4.46. The van der Waals surface area contributed by atoms with Crippen LogP contribution < -0.4 is 4.74 Å². The largest absolute Gasteiger partial charge is 0.496 e. The van der Waals surface area contributed by atoms with Crippen molar-refractivity contribution in [3.05, 3.63) is 58.7 Å². The van der Waals surface area contributed by atoms with Crippen molar-refractivity contribution < 1.29 is 22.7 Å². The summed E-state index contributed by atoms with van der Waals surface area (Å²) in [6.07, 6.45) is 1.61. The van der Waals surface area contributed by atoms with E-state index in [9.17, 15) is 13.2 Å². The Morgan fingerprint density at radius 1 is 1.06 bits per heavy atom. The average molecular weight is 473 g/mol. The molecule has 1 atom stereocenters. The van der Waals surface area contributed by atoms with E-state index in [1.54, 1.807) is 17.5 Å². The number of piperidine rings is 1. The molecule has 2 fully saturated rings. The molecule has 0 saturated carbocycles. The van der Waals surface area contributed by atoms with Gasteiger partial charge in [0.2, 0.25) is 10.0 Å². The van der Waals surface area contributed by atoms with Gasteiger partial charge in [-0.25, -0.2) is 13.2 Å². The molecule has 1 amide bonds. The van der Waals surface area contributed by atoms with Crippen LogP contribution in [0, 0.1) is 20.8 Å². The fraction of sp³-hybridized carbons (Fsp3) is 0.480. The molecule has 2 heterocycles. The fourth-order valence-corrected chi connectivity index (χ4v) is 7.04. The molecule has 2 aliphatic rings. The predicted molar refractivity (Wildman–Crippen MR) is 126 cm³/mol. The third-order valence-corrected chi connectivity index (χ3v) is 9.12. The lowest BCUT2D eigenvalue weighted by atomic mass is 10.00. The van der Waals surface area contributed by atoms with Crippen LogP contribution in [0.4, 0.5) is 4.79 Å². The Morgan fingerprint density at radius 3 is 2.36 bits per heavy atom. The Morgan fingerprint density at radius 2 is 1.73 bits per heavy atom. The normalized spacial score (nSPS) is 20.2. The highest BCUT2D eigenvalue weighted by molar-refractivity contribution is 7.89. The van der Waals surface area contributed by atoms with Crippen LogP contribution in [0.5, 0.6) is 5.75 Å². The van der Waals surface area contributed by atoms with E-state index in [1.165, 1.54) is 0 Å². The summed E-state index contributed by atoms with van der Waals surface area (Å²) in [5, 5.41) is 0. The van der Waals surface area contributed by atoms with Crippen molar-refractivity contribution in [2.45, 2.75) is 57.0 Å². The first kappa shape index (κ1) is 23.6. The van der Waals surface area contributed by atoms with Crippen molar-refractivity contribution in [2.75, 3.05) is 26.8 Å². The molecule has 1 unspecified atom stereocenters. The SMILES string of the molecule is COc1cc(C)c(S(=O)(=O)N2CCC(N3C(=O)OCC3Cc3ccccc3)CC2)c(C)c1C. The van der Waals surface area contributed by atoms with Gasteiger partial charge in [-0.3, -0.25) is 4.90 Å². The summed E-state index contributed by atoms with van der Waals surface area (Å²) in [7, 11) is -2.06. The third-order valence-electron chi connectivity index (χ3n) is 6.93. The van der Waals surface area contributed by atoms with E-state index in [2.05, 4.69) is 12.1 Å². The van der Waals surface area contributed by atoms with Gasteiger partial charge in [0.05, 0.1) is 18.0 Å². The predicted octanol–water partition coefficient (Wildman–Crippen LogP) is 3.84. The smallest absolute Gasteiger partial charge is 0.410 e. The molecule has 0 bridgehead atoms. The van der Waals surface area contributed by atoms with Gasteiger partial charge in [0, 0.05) is 19.1 Å². The second-order valence-electron chi connectivity index (χ2n) is 8.94. The minimum absolute atomic E-state index is 0.0261. The van der Waals surface area contributed by atoms with Gasteiger partial charge in [-0.2, -0.15) is 4.31 Å². The van der Waals surface area contributed by atoms with Crippen molar-refractivity contribution in [2.24, 2.45) is 0 Å². The van der Waals surface area contributed by atoms with Crippen molar-refractivity contribution in [1.82, 2.24) is 9.21 Å². The van der Waals surface area contributed by atoms with E-state index < -0.39 is 10.0 Å². The average Bonchev–Trinajstić information content (AvgIpc) is 3.16. The molecule has 2 aliphatic heterocycles. The Balaban J connectivity index is 1.49. The van der Waals surface area contributed by atoms with Crippen LogP contribution in [0.3, 0.4) is 0 Å². The number of sulfonamides is 1. The fourth-order valence-electron chi connectivity index (χ4n) is 5.08. The molecule has 0 aliphatic carbocycles. The van der Waals surface area contributed by atoms with Crippen LogP contribution in [0.2, 0.25) is 0 Å². The first-order valence-corrected chi connectivity index (χ1v) is 12.8. The molecule has 33 heavy (non-hydrogen) atoms. The molecule has 0 aromatic heterocycles. The number of methoxy groups -OCH3 is 1. The zero-order valence-corrected chi connectivity index (χ0v) is 20.5. The van der Waals surface area contributed by atoms with Crippen molar-refractivity contribution in [3.63, 3.8) is 0 Å². The van der Waals surface area contributed by atoms with Crippen LogP contribution >= 0.6 is 0 Å². The van der Waals surface area contributed by atoms with E-state index in [-0.39, 0.29) is 18.2 Å². The minimum Gasteiger partial charge on any atom is -0.496 e. The number of ether oxygens (including phenoxy) is 2. The topological polar surface area (TPSA) is 76.2 Å². The monoisotopic (exact) mass is 472 g/mol. The van der Waals surface area contributed by atoms with Crippen molar-refractivity contribution >= 4 is 16.1 Å². The molecule has 2 aromatic carbocycles. The Hall–Kier alpha value is -2.58. The highest BCUT2D eigenvalue weighted by Gasteiger charge is 2.41. The van der Waals surface area contributed by atoms with Crippen LogP contribution in [0.1, 0.15) is 35.1 Å². The summed E-state index contributed by atoms with van der Waals surface area (Å²) in [5.41, 5.74) is 3.40. The van der Waals surface area contributed by atoms with Gasteiger partial charge in [0.1, 0.15) is 12.4 Å². The van der Waals surface area contributed by atoms with Gasteiger partial charge in [0.25, 0.3) is 0 Å². The van der Waals surface area contributed by atoms with Gasteiger partial charge in [-0.15, -0.1) is 0 Å². The van der Waals surface area contributed by atoms with Crippen LogP contribution in [0.25, 0.3) is 0 Å². The molecule has 0 radical (unpaired) electrons. The lowest BCUT2D eigenvalue weighted by molar-refractivity contribution is 0.125. The molecule has 7 nitrogen and oxygen atoms in total. The van der Waals surface area contributed by atoms with Crippen molar-refractivity contribution in [3.8, 4) is 5.75 Å². The number of hydrogen-bond donors (Lipinski definition) is 0. The second kappa shape index (κ2) is 9.35. The lowest BCUT2D eigenvalue weighted by Gasteiger charge is -2.37. The highest BCUT2D eigenvalue weighted by Crippen LogP contribution is 2.34. The van der Waals surface area contributed by atoms with Gasteiger partial charge in [-0.05, 0) is 68.4 Å². The van der Waals surface area contributed by atoms with Crippen LogP contribution in [-0.2, 0) is 21.2 Å². The lowest BCUT2D eigenvalue weighted by Crippen LogP contribution is -2.50. The summed E-state index contributed by atoms with van der Waals surface area (Å²) in [4.78, 5) is 14.7. The first-order chi connectivity index (χ1) is 15.7. The zero-order valence-electron chi connectivity index (χ0n) is 19.7. The van der Waals surface area contributed by atoms with E-state index in [0.717, 1.165) is 23.1 Å². The number of nitrogens with zero attached hydrogens (tertiary/aromatic N) is 2. The highest BCUT2D eigenvalue weighted by atomic mass is 32.2. The number of carbonyl (C=O) groups is 1. The van der Waals surface area contributed by atoms with Gasteiger partial charge in [-0.1, -0.05) is 30.3 Å². The second-order valence-corrected chi connectivity index (χ2v) is 10.8. The van der Waals surface area contributed by atoms with Crippen LogP contribution in [0.15, 0.2) is 41.3 Å². The summed E-state index contributed by atoms with van der Waals surface area (Å²) in [5.74, 6) is 0.694. The van der Waals surface area contributed by atoms with Gasteiger partial charge < -0.3 is 9.47 Å². The standard InChI is InChI=1S/C25H32N2O5S/c1-17-14-23(31-4)18(2)19(3)24(17)33(29,30)26-12-10-21(11-13-26)27-22(16-32-25(27)28)15-20-8-6-5-7-9-20/h5-9,14,21-22H,10-13,15-16H2,1-4H3. The molecule has 178 valence electrons. The summed E-state index contributed by atoms with van der Waals surface area (Å²) < 4.78 is 39.4. The number of cyclic esters (lactones) is 1. The molecule has 0 N–H and O–H groups in total. The number of rotatable bonds is 6. The molecule has 4 rings (SSSR count). The van der Waals surface area contributed by atoms with E-state index >= 15 is 0 Å². The number of benzene rings is 2. The van der Waals surface area contributed by atoms with E-state index in [0.29, 0.717) is 48.7 Å². The molecular weight excluding hydrogens is 440 g/mol. The summed E-state index contributed by atoms with van der Waals surface area (Å²) in [6, 6.07) is 11.8. The Labute approximate surface area is 196 Å². The van der Waals surface area contributed by atoms with Crippen molar-refractivity contribution in [1.29, 1.82) is 0 Å². The van der Waals surface area contributed by atoms with Crippen LogP contribution in [-0.4, -0.2) is 62.6 Å². The van der Waals surface area contributed by atoms with E-state index in [1.807, 2.05) is 43.9 Å². The maximum absolute atomic E-state index is 13.6. The molecular formula is C25H32N2O5S. The van der Waals surface area contributed by atoms with E-state index in [4.69, 9.17) is 9.47 Å². The molecule has 2 saturated heterocycles. The number of hydrogen-bond acceptors (Lipinski definition) is 5. The Bertz CT molecular complexity index is 1130. The quantitative estimate of drug-likeness (QED) is 0.639. The number of aryl methyl sites for hydroxylation is 1. The molecule has 8 heteroatoms. The zero-order chi connectivity index (χ0) is 23.8. The van der Waals surface area contributed by atoms with Gasteiger partial charge >= 0.3 is 6.09 Å². The number of amides is 1. The number of carbonyl (C=O) groups excluding carboxylic acids is 1. The maximum Gasteiger partial charge on any atom is 0.410 e. The maximum atomic E-state index is 13.6. The summed E-state index contributed by atoms with van der Waals surface area (Å²) in [6.45, 7) is 6.64. The Kier molecular flexibility index (Phi) is 6.68. The summed E-state index contributed by atoms with van der Waals surface area (Å²) >= 11 is 0. The first-order valence-electron chi connectivity index (χ1n) is 11.4. The molecule has 2 aromatic rings. The minimum atomic E-state index is -3.65. The van der Waals surface area contributed by atoms with Gasteiger partial charge in [0.15, 0.2) is 0 Å². The molecule has 0 spiro atoms.